The molecular formula is C17H26FN. The molecule has 19 heavy (non-hydrogen) atoms. The molecule has 1 aromatic carbocycles. The summed E-state index contributed by atoms with van der Waals surface area (Å²) < 4.78 is 12.9. The zero-order chi connectivity index (χ0) is 13.7. The molecule has 1 aliphatic rings. The van der Waals surface area contributed by atoms with E-state index in [9.17, 15) is 4.39 Å². The first kappa shape index (κ1) is 14.5. The van der Waals surface area contributed by atoms with Gasteiger partial charge in [-0.3, -0.25) is 0 Å². The second kappa shape index (κ2) is 7.04. The quantitative estimate of drug-likeness (QED) is 0.767. The van der Waals surface area contributed by atoms with Crippen LogP contribution in [0.5, 0.6) is 0 Å². The molecule has 2 atom stereocenters. The number of benzene rings is 1. The molecule has 0 spiro atoms. The van der Waals surface area contributed by atoms with Gasteiger partial charge in [-0.1, -0.05) is 37.8 Å². The molecule has 1 N–H and O–H groups in total. The lowest BCUT2D eigenvalue weighted by atomic mass is 9.92. The second-order valence-electron chi connectivity index (χ2n) is 5.98. The number of halogens is 1. The molecule has 0 bridgehead atoms. The van der Waals surface area contributed by atoms with Crippen molar-refractivity contribution in [3.63, 3.8) is 0 Å². The molecule has 1 aromatic rings. The lowest BCUT2D eigenvalue weighted by molar-refractivity contribution is 0.316. The SMILES string of the molecule is CC(N[C@@H](C)C1CCCCCC1)c1ccc(F)cc1. The number of rotatable bonds is 4. The van der Waals surface area contributed by atoms with Crippen LogP contribution < -0.4 is 5.32 Å². The molecule has 106 valence electrons. The van der Waals surface area contributed by atoms with Crippen molar-refractivity contribution in [3.05, 3.63) is 35.6 Å². The normalized spacial score (nSPS) is 20.8. The van der Waals surface area contributed by atoms with E-state index in [4.69, 9.17) is 0 Å². The van der Waals surface area contributed by atoms with Gasteiger partial charge in [0.05, 0.1) is 0 Å². The van der Waals surface area contributed by atoms with E-state index in [-0.39, 0.29) is 5.82 Å². The summed E-state index contributed by atoms with van der Waals surface area (Å²) in [6, 6.07) is 7.69. The fourth-order valence-electron chi connectivity index (χ4n) is 3.19. The molecular weight excluding hydrogens is 237 g/mol. The highest BCUT2D eigenvalue weighted by Gasteiger charge is 2.20. The topological polar surface area (TPSA) is 12.0 Å². The van der Waals surface area contributed by atoms with E-state index in [1.807, 2.05) is 12.1 Å². The number of hydrogen-bond donors (Lipinski definition) is 1. The minimum Gasteiger partial charge on any atom is -0.307 e. The molecule has 0 saturated heterocycles. The monoisotopic (exact) mass is 263 g/mol. The Morgan fingerprint density at radius 2 is 1.58 bits per heavy atom. The van der Waals surface area contributed by atoms with Gasteiger partial charge in [0.1, 0.15) is 5.82 Å². The summed E-state index contributed by atoms with van der Waals surface area (Å²) in [4.78, 5) is 0. The highest BCUT2D eigenvalue weighted by molar-refractivity contribution is 5.19. The Bertz CT molecular complexity index is 365. The van der Waals surface area contributed by atoms with Crippen LogP contribution in [0.3, 0.4) is 0 Å². The van der Waals surface area contributed by atoms with Crippen LogP contribution >= 0.6 is 0 Å². The summed E-state index contributed by atoms with van der Waals surface area (Å²) in [7, 11) is 0. The van der Waals surface area contributed by atoms with Crippen molar-refractivity contribution >= 4 is 0 Å². The van der Waals surface area contributed by atoms with Gasteiger partial charge >= 0.3 is 0 Å². The van der Waals surface area contributed by atoms with Gasteiger partial charge in [-0.05, 0) is 50.3 Å². The summed E-state index contributed by atoms with van der Waals surface area (Å²) in [5.41, 5.74) is 1.17. The van der Waals surface area contributed by atoms with E-state index in [1.54, 1.807) is 12.1 Å². The van der Waals surface area contributed by atoms with Gasteiger partial charge in [-0.15, -0.1) is 0 Å². The zero-order valence-electron chi connectivity index (χ0n) is 12.2. The first-order valence-corrected chi connectivity index (χ1v) is 7.68. The third kappa shape index (κ3) is 4.31. The van der Waals surface area contributed by atoms with E-state index in [2.05, 4.69) is 19.2 Å². The van der Waals surface area contributed by atoms with Gasteiger partial charge in [-0.2, -0.15) is 0 Å². The minimum absolute atomic E-state index is 0.159. The fraction of sp³-hybridized carbons (Fsp3) is 0.647. The Morgan fingerprint density at radius 1 is 1.00 bits per heavy atom. The van der Waals surface area contributed by atoms with E-state index < -0.39 is 0 Å². The first-order valence-electron chi connectivity index (χ1n) is 7.68. The molecule has 1 nitrogen and oxygen atoms in total. The smallest absolute Gasteiger partial charge is 0.123 e. The van der Waals surface area contributed by atoms with Crippen molar-refractivity contribution in [1.82, 2.24) is 5.32 Å². The summed E-state index contributed by atoms with van der Waals surface area (Å²) in [5, 5.41) is 3.69. The summed E-state index contributed by atoms with van der Waals surface area (Å²) in [6.45, 7) is 4.47. The number of hydrogen-bond acceptors (Lipinski definition) is 1. The molecule has 0 aromatic heterocycles. The molecule has 0 radical (unpaired) electrons. The number of nitrogens with one attached hydrogen (secondary N) is 1. The van der Waals surface area contributed by atoms with E-state index in [0.717, 1.165) is 5.92 Å². The van der Waals surface area contributed by atoms with Crippen LogP contribution in [0, 0.1) is 11.7 Å². The van der Waals surface area contributed by atoms with Crippen LogP contribution in [-0.2, 0) is 0 Å². The maximum absolute atomic E-state index is 12.9. The maximum atomic E-state index is 12.9. The van der Waals surface area contributed by atoms with Crippen molar-refractivity contribution < 1.29 is 4.39 Å². The predicted molar refractivity (Wildman–Crippen MR) is 78.6 cm³/mol. The van der Waals surface area contributed by atoms with Crippen LogP contribution in [0.25, 0.3) is 0 Å². The molecule has 2 rings (SSSR count). The van der Waals surface area contributed by atoms with E-state index in [1.165, 1.54) is 44.1 Å². The molecule has 0 aliphatic heterocycles. The fourth-order valence-corrected chi connectivity index (χ4v) is 3.19. The Balaban J connectivity index is 1.89. The lowest BCUT2D eigenvalue weighted by Crippen LogP contribution is -2.35. The average Bonchev–Trinajstić information content (AvgIpc) is 2.68. The second-order valence-corrected chi connectivity index (χ2v) is 5.98. The summed E-state index contributed by atoms with van der Waals surface area (Å²) in [6.07, 6.45) is 8.26. The van der Waals surface area contributed by atoms with Crippen LogP contribution in [-0.4, -0.2) is 6.04 Å². The molecule has 1 saturated carbocycles. The molecule has 1 fully saturated rings. The van der Waals surface area contributed by atoms with Crippen molar-refractivity contribution in [2.75, 3.05) is 0 Å². The van der Waals surface area contributed by atoms with Crippen LogP contribution in [0.1, 0.15) is 64.0 Å². The van der Waals surface area contributed by atoms with Crippen molar-refractivity contribution in [2.24, 2.45) is 5.92 Å². The van der Waals surface area contributed by atoms with Crippen molar-refractivity contribution in [1.29, 1.82) is 0 Å². The van der Waals surface area contributed by atoms with E-state index >= 15 is 0 Å². The van der Waals surface area contributed by atoms with Crippen LogP contribution in [0.4, 0.5) is 4.39 Å². The molecule has 0 heterocycles. The third-order valence-corrected chi connectivity index (χ3v) is 4.49. The Kier molecular flexibility index (Phi) is 5.38. The lowest BCUT2D eigenvalue weighted by Gasteiger charge is -2.27. The summed E-state index contributed by atoms with van der Waals surface area (Å²) in [5.74, 6) is 0.637. The first-order chi connectivity index (χ1) is 9.16. The molecule has 1 aliphatic carbocycles. The highest BCUT2D eigenvalue weighted by atomic mass is 19.1. The van der Waals surface area contributed by atoms with Crippen molar-refractivity contribution in [2.45, 2.75) is 64.5 Å². The Morgan fingerprint density at radius 3 is 2.16 bits per heavy atom. The maximum Gasteiger partial charge on any atom is 0.123 e. The Hall–Kier alpha value is -0.890. The van der Waals surface area contributed by atoms with Gasteiger partial charge < -0.3 is 5.32 Å². The van der Waals surface area contributed by atoms with Gasteiger partial charge in [-0.25, -0.2) is 4.39 Å². The summed E-state index contributed by atoms with van der Waals surface area (Å²) >= 11 is 0. The zero-order valence-corrected chi connectivity index (χ0v) is 12.2. The van der Waals surface area contributed by atoms with Crippen LogP contribution in [0.15, 0.2) is 24.3 Å². The van der Waals surface area contributed by atoms with Gasteiger partial charge in [0.2, 0.25) is 0 Å². The van der Waals surface area contributed by atoms with E-state index in [0.29, 0.717) is 12.1 Å². The predicted octanol–water partition coefficient (Wildman–Crippen LogP) is 4.84. The molecule has 0 amide bonds. The highest BCUT2D eigenvalue weighted by Crippen LogP contribution is 2.26. The Labute approximate surface area is 116 Å². The van der Waals surface area contributed by atoms with Gasteiger partial charge in [0.25, 0.3) is 0 Å². The molecule has 1 unspecified atom stereocenters. The van der Waals surface area contributed by atoms with Crippen molar-refractivity contribution in [3.8, 4) is 0 Å². The van der Waals surface area contributed by atoms with Crippen LogP contribution in [0.2, 0.25) is 0 Å². The standard InChI is InChI=1S/C17H26FN/c1-13(15-7-5-3-4-6-8-15)19-14(2)16-9-11-17(18)12-10-16/h9-15,19H,3-8H2,1-2H3/t13-,14?/m0/s1. The average molecular weight is 263 g/mol. The third-order valence-electron chi connectivity index (χ3n) is 4.49. The van der Waals surface area contributed by atoms with Gasteiger partial charge in [0, 0.05) is 12.1 Å². The minimum atomic E-state index is -0.159. The van der Waals surface area contributed by atoms with Gasteiger partial charge in [0.15, 0.2) is 0 Å². The largest absolute Gasteiger partial charge is 0.307 e. The molecule has 2 heteroatoms.